The molecule has 0 amide bonds. The van der Waals surface area contributed by atoms with Gasteiger partial charge in [0.1, 0.15) is 12.1 Å². The maximum Gasteiger partial charge on any atom is 0.311 e. The lowest BCUT2D eigenvalue weighted by molar-refractivity contribution is -0.159. The molecule has 0 radical (unpaired) electrons. The van der Waals surface area contributed by atoms with Crippen LogP contribution in [0.1, 0.15) is 227 Å². The molecule has 0 aromatic heterocycles. The van der Waals surface area contributed by atoms with Gasteiger partial charge in [-0.25, -0.2) is 0 Å². The fraction of sp³-hybridized carbons (Fsp3) is 0.753. The lowest BCUT2D eigenvalue weighted by Gasteiger charge is -2.39. The highest BCUT2D eigenvalue weighted by Crippen LogP contribution is 2.48. The quantitative estimate of drug-likeness (QED) is 0.0240. The summed E-state index contributed by atoms with van der Waals surface area (Å²) >= 11 is 0. The predicted octanol–water partition coefficient (Wildman–Crippen LogP) is 13.2. The first-order chi connectivity index (χ1) is 50.9. The molecule has 0 N–H and O–H groups in total. The van der Waals surface area contributed by atoms with Gasteiger partial charge in [-0.3, -0.25) is 57.5 Å². The van der Waals surface area contributed by atoms with E-state index in [4.69, 9.17) is 59.1 Å². The number of hydrogen-bond donors (Lipinski definition) is 0. The van der Waals surface area contributed by atoms with E-state index < -0.39 is 103 Å². The zero-order chi connectivity index (χ0) is 89.2. The van der Waals surface area contributed by atoms with Crippen molar-refractivity contribution in [2.75, 3.05) is 85.3 Å². The first kappa shape index (κ1) is 117. The summed E-state index contributed by atoms with van der Waals surface area (Å²) in [5.41, 5.74) is -8.05. The van der Waals surface area contributed by atoms with Crippen LogP contribution in [0, 0.1) is 166 Å². The fourth-order valence-corrected chi connectivity index (χ4v) is 11.9. The highest BCUT2D eigenvalue weighted by molar-refractivity contribution is 5.81. The lowest BCUT2D eigenvalue weighted by Crippen LogP contribution is -2.41. The van der Waals surface area contributed by atoms with Crippen LogP contribution < -0.4 is 0 Å². The minimum absolute atomic E-state index is 0.0607. The summed E-state index contributed by atoms with van der Waals surface area (Å²) in [5, 5.41) is 55.0. The largest absolute Gasteiger partial charge is 0.471 e. The normalized spacial score (nSPS) is 15.4. The summed E-state index contributed by atoms with van der Waals surface area (Å²) in [4.78, 5) is 133. The first-order valence-electron chi connectivity index (χ1n) is 35.7. The Morgan fingerprint density at radius 1 is 0.306 bits per heavy atom. The Hall–Kier alpha value is -9.68. The van der Waals surface area contributed by atoms with Crippen LogP contribution in [0.25, 0.3) is 0 Å². The van der Waals surface area contributed by atoms with Crippen molar-refractivity contribution in [1.29, 1.82) is 31.6 Å². The average Bonchev–Trinajstić information content (AvgIpc) is 0.797. The molecular weight excluding hydrogens is 1440 g/mol. The van der Waals surface area contributed by atoms with E-state index in [0.717, 1.165) is 38.5 Å². The number of methoxy groups -OCH3 is 12. The second kappa shape index (κ2) is 59.2. The topological polar surface area (TPSA) is 458 Å². The molecule has 0 aromatic carbocycles. The number of rotatable bonds is 38. The molecular formula is C81H134N6O24+2. The van der Waals surface area contributed by atoms with Gasteiger partial charge >= 0.3 is 53.7 Å². The van der Waals surface area contributed by atoms with Crippen molar-refractivity contribution in [2.24, 2.45) is 83.7 Å². The van der Waals surface area contributed by atoms with Gasteiger partial charge in [0.15, 0.2) is 10.8 Å². The van der Waals surface area contributed by atoms with Crippen LogP contribution in [0.3, 0.4) is 0 Å². The summed E-state index contributed by atoms with van der Waals surface area (Å²) in [7, 11) is 15.8. The van der Waals surface area contributed by atoms with Gasteiger partial charge in [-0.2, -0.15) is 31.6 Å². The van der Waals surface area contributed by atoms with Crippen molar-refractivity contribution in [3.05, 3.63) is 13.8 Å². The maximum absolute atomic E-state index is 12.8. The van der Waals surface area contributed by atoms with E-state index in [0.29, 0.717) is 38.7 Å². The van der Waals surface area contributed by atoms with E-state index in [1.807, 2.05) is 55.4 Å². The summed E-state index contributed by atoms with van der Waals surface area (Å²) in [5.74, 6) is -5.06. The van der Waals surface area contributed by atoms with Crippen molar-refractivity contribution in [3.8, 4) is 36.4 Å². The zero-order valence-corrected chi connectivity index (χ0v) is 72.3. The Kier molecular flexibility index (Phi) is 62.4. The van der Waals surface area contributed by atoms with Gasteiger partial charge in [0, 0.05) is 12.8 Å². The van der Waals surface area contributed by atoms with E-state index in [2.05, 4.69) is 83.4 Å². The molecule has 0 fully saturated rings. The highest BCUT2D eigenvalue weighted by atomic mass is 16.6. The molecule has 30 nitrogen and oxygen atoms in total. The second-order valence-electron chi connectivity index (χ2n) is 31.3. The molecule has 0 aliphatic heterocycles. The van der Waals surface area contributed by atoms with Crippen molar-refractivity contribution < 1.29 is 114 Å². The molecule has 0 aliphatic rings. The monoisotopic (exact) mass is 1570 g/mol. The van der Waals surface area contributed by atoms with Gasteiger partial charge in [0.05, 0.1) is 196 Å². The Labute approximate surface area is 663 Å². The first-order valence-corrected chi connectivity index (χ1v) is 35.7. The third kappa shape index (κ3) is 53.8. The van der Waals surface area contributed by atoms with Gasteiger partial charge in [-0.05, 0) is 161 Å². The molecule has 12 unspecified atom stereocenters. The van der Waals surface area contributed by atoms with Crippen molar-refractivity contribution in [1.82, 2.24) is 0 Å². The number of nitrogens with zero attached hydrogens (tertiary/aromatic N) is 6. The third-order valence-corrected chi connectivity index (χ3v) is 17.5. The number of esters is 9. The summed E-state index contributed by atoms with van der Waals surface area (Å²) in [6.07, 6.45) is 7.91. The van der Waals surface area contributed by atoms with Crippen molar-refractivity contribution >= 4 is 73.1 Å². The third-order valence-electron chi connectivity index (χ3n) is 17.5. The second-order valence-corrected chi connectivity index (χ2v) is 31.3. The standard InChI is InChI=1S/C25H40N2O6.2C14H22NO4.2C11H19NO2.3C2H4O2/c1-18(19(28)31-7)13-25(6,21(30)33-9)15-23(4,17-27)14-24(5,20(29)32-8)12-10-11-22(2,3)16-26;2*1-10(11(16)18-5)7-14(4,12(17)19-6)8-13(2,3)9-15;2*1-9(10(13)14-4)6-5-7-11(2,3)8-12;3*1-4-2-3/h18H,10-15H2,1-9H3;2*10H,2,7-8H2,1,3-6H3;2*9H,5-7H2,1-4H3;3*2H,1H3/q;2*+1;;;;;. The Morgan fingerprint density at radius 3 is 0.712 bits per heavy atom. The van der Waals surface area contributed by atoms with Crippen LogP contribution in [0.15, 0.2) is 0 Å². The number of nitriles is 6. The Balaban J connectivity index is -0.000000198. The van der Waals surface area contributed by atoms with Crippen molar-refractivity contribution in [2.45, 2.75) is 227 Å². The molecule has 0 aromatic rings. The van der Waals surface area contributed by atoms with Crippen molar-refractivity contribution in [3.63, 3.8) is 0 Å². The molecule has 0 saturated carbocycles. The maximum atomic E-state index is 12.8. The molecule has 111 heavy (non-hydrogen) atoms. The SMILES string of the molecule is COC(=O)C(C)CC(C)(CC(C)(C#N)CC(C)(CCCC(C)(C)C#N)C(=O)OC)C(=O)OC.COC(=O)C(C)CCCC(C)(C)C#N.COC(=O)C(C)CCCC(C)(C)C#N.COC=O.COC=O.COC=O.[CH2+]C(C)(C#N)CC(C)(CC(C)C(=O)OC)C(=O)OC.[CH2+]C(C)(C#N)CC(C)(CC(C)C(=O)OC)C(=O)OC. The molecule has 0 rings (SSSR count). The van der Waals surface area contributed by atoms with Crippen LogP contribution in [-0.2, 0) is 114 Å². The minimum atomic E-state index is -1.15. The molecule has 12 atom stereocenters. The highest BCUT2D eigenvalue weighted by Gasteiger charge is 2.50. The van der Waals surface area contributed by atoms with E-state index >= 15 is 0 Å². The molecule has 0 bridgehead atoms. The number of ether oxygens (including phenoxy) is 12. The lowest BCUT2D eigenvalue weighted by atomic mass is 9.63. The van der Waals surface area contributed by atoms with E-state index in [1.54, 1.807) is 69.2 Å². The van der Waals surface area contributed by atoms with E-state index in [-0.39, 0.29) is 79.6 Å². The van der Waals surface area contributed by atoms with Crippen LogP contribution in [0.4, 0.5) is 0 Å². The van der Waals surface area contributed by atoms with Gasteiger partial charge in [-0.1, -0.05) is 53.9 Å². The molecule has 30 heteroatoms. The van der Waals surface area contributed by atoms with Gasteiger partial charge in [-0.15, -0.1) is 0 Å². The van der Waals surface area contributed by atoms with Gasteiger partial charge in [0.2, 0.25) is 0 Å². The van der Waals surface area contributed by atoms with Gasteiger partial charge in [0.25, 0.3) is 19.4 Å². The van der Waals surface area contributed by atoms with Crippen LogP contribution >= 0.6 is 0 Å². The summed E-state index contributed by atoms with van der Waals surface area (Å²) < 4.78 is 54.6. The summed E-state index contributed by atoms with van der Waals surface area (Å²) in [6.45, 7) is 40.5. The molecule has 0 heterocycles. The summed E-state index contributed by atoms with van der Waals surface area (Å²) in [6, 6.07) is 13.2. The number of carbonyl (C=O) groups excluding carboxylic acids is 12. The molecule has 630 valence electrons. The minimum Gasteiger partial charge on any atom is -0.471 e. The fourth-order valence-electron chi connectivity index (χ4n) is 11.9. The zero-order valence-electron chi connectivity index (χ0n) is 72.3. The van der Waals surface area contributed by atoms with Gasteiger partial charge < -0.3 is 56.8 Å². The Bertz CT molecular complexity index is 2950. The van der Waals surface area contributed by atoms with Crippen LogP contribution in [-0.4, -0.2) is 158 Å². The number of carbonyl (C=O) groups is 12. The predicted molar refractivity (Wildman–Crippen MR) is 410 cm³/mol. The van der Waals surface area contributed by atoms with E-state index in [9.17, 15) is 53.7 Å². The van der Waals surface area contributed by atoms with Crippen LogP contribution in [0.5, 0.6) is 0 Å². The van der Waals surface area contributed by atoms with E-state index in [1.165, 1.54) is 85.3 Å². The van der Waals surface area contributed by atoms with Crippen LogP contribution in [0.2, 0.25) is 0 Å². The smallest absolute Gasteiger partial charge is 0.311 e. The number of hydrogen-bond acceptors (Lipinski definition) is 30. The average molecular weight is 1580 g/mol. The molecule has 0 saturated heterocycles. The molecule has 0 spiro atoms. The Morgan fingerprint density at radius 2 is 0.514 bits per heavy atom. The molecule has 0 aliphatic carbocycles.